The summed E-state index contributed by atoms with van der Waals surface area (Å²) in [5.74, 6) is 0.119. The van der Waals surface area contributed by atoms with Crippen molar-refractivity contribution >= 4 is 52.6 Å². The van der Waals surface area contributed by atoms with Crippen LogP contribution in [0.1, 0.15) is 21.6 Å². The highest BCUT2D eigenvalue weighted by molar-refractivity contribution is 6.46. The molecule has 8 nitrogen and oxygen atoms in total. The molecule has 0 unspecified atom stereocenters. The van der Waals surface area contributed by atoms with Crippen LogP contribution in [0.5, 0.6) is 5.75 Å². The number of hydrazone groups is 1. The predicted molar refractivity (Wildman–Crippen MR) is 118 cm³/mol. The van der Waals surface area contributed by atoms with Gasteiger partial charge in [0.1, 0.15) is 10.8 Å². The zero-order valence-electron chi connectivity index (χ0n) is 16.1. The number of carbonyl (C=O) groups is 1. The van der Waals surface area contributed by atoms with E-state index in [9.17, 15) is 4.79 Å². The Hall–Kier alpha value is -2.10. The number of benzene rings is 1. The summed E-state index contributed by atoms with van der Waals surface area (Å²) in [7, 11) is 1.63. The van der Waals surface area contributed by atoms with Gasteiger partial charge in [-0.25, -0.2) is 10.4 Å². The van der Waals surface area contributed by atoms with Crippen molar-refractivity contribution in [3.8, 4) is 5.75 Å². The van der Waals surface area contributed by atoms with Gasteiger partial charge in [0, 0.05) is 25.2 Å². The first kappa shape index (κ1) is 22.6. The van der Waals surface area contributed by atoms with E-state index >= 15 is 0 Å². The van der Waals surface area contributed by atoms with E-state index in [2.05, 4.69) is 20.4 Å². The van der Waals surface area contributed by atoms with Gasteiger partial charge in [-0.3, -0.25) is 9.69 Å². The molecule has 3 N–H and O–H groups in total. The first-order valence-corrected chi connectivity index (χ1v) is 10.1. The lowest BCUT2D eigenvalue weighted by molar-refractivity contribution is 0.0339. The summed E-state index contributed by atoms with van der Waals surface area (Å²) in [6, 6.07) is 5.64. The van der Waals surface area contributed by atoms with Crippen molar-refractivity contribution in [2.75, 3.05) is 39.1 Å². The second kappa shape index (κ2) is 10.3. The minimum Gasteiger partial charge on any atom is -0.496 e. The highest BCUT2D eigenvalue weighted by Crippen LogP contribution is 2.34. The van der Waals surface area contributed by atoms with Gasteiger partial charge in [0.2, 0.25) is 0 Å². The largest absolute Gasteiger partial charge is 0.496 e. The van der Waals surface area contributed by atoms with Gasteiger partial charge in [-0.2, -0.15) is 5.10 Å². The molecular formula is C19H20Cl3N5O3. The molecule has 1 fully saturated rings. The molecule has 0 saturated carbocycles. The number of morpholine rings is 1. The molecule has 1 aromatic heterocycles. The number of carbonyl (C=O) groups excluding carboxylic acids is 1. The summed E-state index contributed by atoms with van der Waals surface area (Å²) < 4.78 is 10.8. The molecular weight excluding hydrogens is 453 g/mol. The van der Waals surface area contributed by atoms with Gasteiger partial charge >= 0.3 is 0 Å². The number of amides is 1. The Morgan fingerprint density at radius 2 is 2.07 bits per heavy atom. The number of halogens is 3. The number of hydrogen-bond donors (Lipinski definition) is 2. The highest BCUT2D eigenvalue weighted by Gasteiger charge is 2.19. The maximum absolute atomic E-state index is 12.3. The number of rotatable bonds is 6. The molecule has 1 aliphatic heterocycles. The zero-order chi connectivity index (χ0) is 21.7. The van der Waals surface area contributed by atoms with Gasteiger partial charge < -0.3 is 15.2 Å². The van der Waals surface area contributed by atoms with Crippen LogP contribution in [-0.2, 0) is 11.3 Å². The van der Waals surface area contributed by atoms with E-state index in [-0.39, 0.29) is 26.6 Å². The number of hydrogen-bond acceptors (Lipinski definition) is 7. The lowest BCUT2D eigenvalue weighted by Gasteiger charge is -2.27. The van der Waals surface area contributed by atoms with E-state index < -0.39 is 5.91 Å². The smallest absolute Gasteiger partial charge is 0.291 e. The molecule has 11 heteroatoms. The number of methoxy groups -OCH3 is 1. The number of anilines is 1. The second-order valence-corrected chi connectivity index (χ2v) is 7.57. The Labute approximate surface area is 188 Å². The molecule has 0 bridgehead atoms. The first-order chi connectivity index (χ1) is 14.4. The number of nitrogens with zero attached hydrogens (tertiary/aromatic N) is 3. The SMILES string of the molecule is COc1ccc(/C=N\NC(=O)c2nc(Cl)c(Cl)c(N)c2Cl)cc1CN1CCOCC1. The maximum Gasteiger partial charge on any atom is 0.291 e. The van der Waals surface area contributed by atoms with Gasteiger partial charge in [-0.05, 0) is 23.8 Å². The minimum atomic E-state index is -0.663. The summed E-state index contributed by atoms with van der Waals surface area (Å²) in [6.07, 6.45) is 1.51. The maximum atomic E-state index is 12.3. The molecule has 3 rings (SSSR count). The van der Waals surface area contributed by atoms with Gasteiger partial charge in [0.15, 0.2) is 10.8 Å². The molecule has 1 saturated heterocycles. The Kier molecular flexibility index (Phi) is 7.74. The van der Waals surface area contributed by atoms with Gasteiger partial charge in [-0.15, -0.1) is 0 Å². The van der Waals surface area contributed by atoms with E-state index in [0.717, 1.165) is 36.5 Å². The number of nitrogens with one attached hydrogen (secondary N) is 1. The van der Waals surface area contributed by atoms with Crippen molar-refractivity contribution in [3.05, 3.63) is 50.2 Å². The minimum absolute atomic E-state index is 0.00671. The third kappa shape index (κ3) is 5.33. The lowest BCUT2D eigenvalue weighted by Crippen LogP contribution is -2.35. The van der Waals surface area contributed by atoms with E-state index in [1.54, 1.807) is 7.11 Å². The van der Waals surface area contributed by atoms with Crippen molar-refractivity contribution in [3.63, 3.8) is 0 Å². The topological polar surface area (TPSA) is 102 Å². The van der Waals surface area contributed by atoms with Gasteiger partial charge in [0.05, 0.1) is 37.2 Å². The van der Waals surface area contributed by atoms with Crippen LogP contribution in [0.2, 0.25) is 15.2 Å². The Balaban J connectivity index is 1.71. The van der Waals surface area contributed by atoms with E-state index in [1.165, 1.54) is 6.21 Å². The van der Waals surface area contributed by atoms with Gasteiger partial charge in [-0.1, -0.05) is 34.8 Å². The Bertz CT molecular complexity index is 965. The fraction of sp³-hybridized carbons (Fsp3) is 0.316. The second-order valence-electron chi connectivity index (χ2n) is 6.45. The fourth-order valence-corrected chi connectivity index (χ4v) is 3.50. The summed E-state index contributed by atoms with van der Waals surface area (Å²) in [5.41, 5.74) is 9.70. The van der Waals surface area contributed by atoms with E-state index in [1.807, 2.05) is 18.2 Å². The molecule has 1 aromatic carbocycles. The van der Waals surface area contributed by atoms with Crippen molar-refractivity contribution in [1.29, 1.82) is 0 Å². The molecule has 0 radical (unpaired) electrons. The van der Waals surface area contributed by atoms with Gasteiger partial charge in [0.25, 0.3) is 5.91 Å². The monoisotopic (exact) mass is 471 g/mol. The van der Waals surface area contributed by atoms with Crippen LogP contribution in [0.25, 0.3) is 0 Å². The number of ether oxygens (including phenoxy) is 2. The van der Waals surface area contributed by atoms with Crippen LogP contribution in [0.3, 0.4) is 0 Å². The van der Waals surface area contributed by atoms with Crippen LogP contribution in [0.4, 0.5) is 5.69 Å². The third-order valence-electron chi connectivity index (χ3n) is 4.47. The third-order valence-corrected chi connectivity index (χ3v) is 5.60. The molecule has 1 aliphatic rings. The van der Waals surface area contributed by atoms with Crippen molar-refractivity contribution in [1.82, 2.24) is 15.3 Å². The van der Waals surface area contributed by atoms with Crippen LogP contribution in [0, 0.1) is 0 Å². The average Bonchev–Trinajstić information content (AvgIpc) is 2.75. The van der Waals surface area contributed by atoms with Crippen LogP contribution in [0.15, 0.2) is 23.3 Å². The predicted octanol–water partition coefficient (Wildman–Crippen LogP) is 3.23. The molecule has 1 amide bonds. The Morgan fingerprint density at radius 3 is 2.77 bits per heavy atom. The molecule has 160 valence electrons. The number of pyridine rings is 1. The Morgan fingerprint density at radius 1 is 1.33 bits per heavy atom. The van der Waals surface area contributed by atoms with Crippen molar-refractivity contribution in [2.45, 2.75) is 6.54 Å². The average molecular weight is 473 g/mol. The summed E-state index contributed by atoms with van der Waals surface area (Å²) >= 11 is 17.8. The fourth-order valence-electron chi connectivity index (χ4n) is 2.90. The van der Waals surface area contributed by atoms with Crippen LogP contribution < -0.4 is 15.9 Å². The summed E-state index contributed by atoms with van der Waals surface area (Å²) in [6.45, 7) is 3.87. The van der Waals surface area contributed by atoms with E-state index in [4.69, 9.17) is 50.0 Å². The van der Waals surface area contributed by atoms with Crippen molar-refractivity contribution < 1.29 is 14.3 Å². The highest BCUT2D eigenvalue weighted by atomic mass is 35.5. The molecule has 0 atom stereocenters. The molecule has 2 heterocycles. The normalized spacial score (nSPS) is 14.8. The van der Waals surface area contributed by atoms with E-state index in [0.29, 0.717) is 13.2 Å². The van der Waals surface area contributed by atoms with Crippen molar-refractivity contribution in [2.24, 2.45) is 5.10 Å². The lowest BCUT2D eigenvalue weighted by atomic mass is 10.1. The standard InChI is InChI=1S/C19H20Cl3N5O3/c1-29-13-3-2-11(8-12(13)10-27-4-6-30-7-5-27)9-24-26-19(28)17-14(20)16(23)15(21)18(22)25-17/h2-3,8-9H,4-7,10H2,1H3,(H2,23,25)(H,26,28)/b24-9-. The molecule has 0 aliphatic carbocycles. The van der Waals surface area contributed by atoms with Crippen LogP contribution in [-0.4, -0.2) is 55.4 Å². The molecule has 0 spiro atoms. The van der Waals surface area contributed by atoms with Crippen LogP contribution >= 0.6 is 34.8 Å². The molecule has 2 aromatic rings. The summed E-state index contributed by atoms with van der Waals surface area (Å²) in [4.78, 5) is 18.5. The zero-order valence-corrected chi connectivity index (χ0v) is 18.4. The molecule has 30 heavy (non-hydrogen) atoms. The summed E-state index contributed by atoms with van der Waals surface area (Å²) in [5, 5.41) is 3.76. The first-order valence-electron chi connectivity index (χ1n) is 9.01. The quantitative estimate of drug-likeness (QED) is 0.380. The number of nitrogen functional groups attached to an aromatic ring is 1. The number of nitrogens with two attached hydrogens (primary N) is 1. The number of aromatic nitrogens is 1.